The summed E-state index contributed by atoms with van der Waals surface area (Å²) in [4.78, 5) is 17.2. The molecule has 2 heterocycles. The van der Waals surface area contributed by atoms with Crippen LogP contribution in [0.2, 0.25) is 0 Å². The van der Waals surface area contributed by atoms with E-state index < -0.39 is 0 Å². The topological polar surface area (TPSA) is 70.7 Å². The molecule has 0 aromatic carbocycles. The Morgan fingerprint density at radius 1 is 1.44 bits per heavy atom. The van der Waals surface area contributed by atoms with Gasteiger partial charge in [0, 0.05) is 10.8 Å². The van der Waals surface area contributed by atoms with Gasteiger partial charge in [-0.2, -0.15) is 0 Å². The van der Waals surface area contributed by atoms with Gasteiger partial charge in [0.05, 0.1) is 6.04 Å². The van der Waals surface area contributed by atoms with Gasteiger partial charge in [-0.1, -0.05) is 19.9 Å². The van der Waals surface area contributed by atoms with Crippen molar-refractivity contribution in [2.75, 3.05) is 0 Å². The smallest absolute Gasteiger partial charge is 0.291 e. The molecule has 1 atom stereocenters. The molecule has 0 spiro atoms. The van der Waals surface area contributed by atoms with Crippen LogP contribution in [0, 0.1) is 0 Å². The van der Waals surface area contributed by atoms with E-state index in [-0.39, 0.29) is 23.7 Å². The van der Waals surface area contributed by atoms with Crippen LogP contribution in [0.25, 0.3) is 0 Å². The normalized spacial score (nSPS) is 12.7. The maximum Gasteiger partial charge on any atom is 0.291 e. The highest BCUT2D eigenvalue weighted by Gasteiger charge is 2.17. The number of hydrogen-bond donors (Lipinski definition) is 2. The van der Waals surface area contributed by atoms with Gasteiger partial charge in [-0.3, -0.25) is 9.89 Å². The highest BCUT2D eigenvalue weighted by molar-refractivity contribution is 7.10. The second-order valence-electron chi connectivity index (χ2n) is 4.41. The Labute approximate surface area is 110 Å². The lowest BCUT2D eigenvalue weighted by atomic mass is 10.2. The number of aromatic nitrogens is 3. The number of carbonyl (C=O) groups is 1. The average Bonchev–Trinajstić information content (AvgIpc) is 3.00. The molecule has 0 saturated heterocycles. The number of nitrogens with one attached hydrogen (secondary N) is 2. The third kappa shape index (κ3) is 2.76. The number of H-pyrrole nitrogens is 1. The van der Waals surface area contributed by atoms with Crippen LogP contribution in [0.1, 0.15) is 54.1 Å². The summed E-state index contributed by atoms with van der Waals surface area (Å²) >= 11 is 1.61. The fourth-order valence-electron chi connectivity index (χ4n) is 1.50. The van der Waals surface area contributed by atoms with Gasteiger partial charge >= 0.3 is 0 Å². The van der Waals surface area contributed by atoms with Crippen LogP contribution in [0.15, 0.2) is 17.5 Å². The number of hydrogen-bond acceptors (Lipinski definition) is 4. The van der Waals surface area contributed by atoms with Gasteiger partial charge in [0.15, 0.2) is 0 Å². The minimum atomic E-state index is -0.251. The van der Waals surface area contributed by atoms with Crippen LogP contribution in [0.5, 0.6) is 0 Å². The number of amides is 1. The van der Waals surface area contributed by atoms with Crippen LogP contribution in [0.4, 0.5) is 0 Å². The second-order valence-corrected chi connectivity index (χ2v) is 5.39. The number of thiophene rings is 1. The monoisotopic (exact) mass is 264 g/mol. The Bertz CT molecular complexity index is 518. The highest BCUT2D eigenvalue weighted by atomic mass is 32.1. The maximum atomic E-state index is 11.9. The van der Waals surface area contributed by atoms with Gasteiger partial charge in [-0.15, -0.1) is 16.4 Å². The summed E-state index contributed by atoms with van der Waals surface area (Å²) in [6.45, 7) is 5.94. The van der Waals surface area contributed by atoms with E-state index in [2.05, 4.69) is 20.5 Å². The number of carbonyl (C=O) groups excluding carboxylic acids is 1. The van der Waals surface area contributed by atoms with E-state index in [4.69, 9.17) is 0 Å². The summed E-state index contributed by atoms with van der Waals surface area (Å²) in [7, 11) is 0. The first-order valence-electron chi connectivity index (χ1n) is 5.84. The summed E-state index contributed by atoms with van der Waals surface area (Å²) in [5, 5.41) is 11.6. The van der Waals surface area contributed by atoms with Gasteiger partial charge in [0.1, 0.15) is 5.82 Å². The first-order chi connectivity index (χ1) is 8.58. The van der Waals surface area contributed by atoms with Crippen molar-refractivity contribution in [3.8, 4) is 0 Å². The van der Waals surface area contributed by atoms with E-state index in [0.29, 0.717) is 0 Å². The molecule has 2 aromatic heterocycles. The third-order valence-corrected chi connectivity index (χ3v) is 3.63. The minimum absolute atomic E-state index is 0.0292. The third-order valence-electron chi connectivity index (χ3n) is 2.57. The Hall–Kier alpha value is -1.69. The quantitative estimate of drug-likeness (QED) is 0.891. The van der Waals surface area contributed by atoms with Gasteiger partial charge < -0.3 is 5.32 Å². The molecule has 2 rings (SSSR count). The fraction of sp³-hybridized carbons (Fsp3) is 0.417. The molecular formula is C12H16N4OS. The van der Waals surface area contributed by atoms with Crippen molar-refractivity contribution in [2.45, 2.75) is 32.7 Å². The van der Waals surface area contributed by atoms with Crippen LogP contribution < -0.4 is 5.32 Å². The van der Waals surface area contributed by atoms with E-state index in [9.17, 15) is 4.79 Å². The van der Waals surface area contributed by atoms with Crippen LogP contribution >= 0.6 is 11.3 Å². The van der Waals surface area contributed by atoms with Gasteiger partial charge in [-0.25, -0.2) is 4.98 Å². The lowest BCUT2D eigenvalue weighted by Crippen LogP contribution is -2.27. The predicted octanol–water partition coefficient (Wildman–Crippen LogP) is 2.48. The molecule has 5 nitrogen and oxygen atoms in total. The second kappa shape index (κ2) is 5.30. The molecule has 96 valence electrons. The van der Waals surface area contributed by atoms with Crippen LogP contribution in [-0.2, 0) is 0 Å². The summed E-state index contributed by atoms with van der Waals surface area (Å²) in [5.74, 6) is 0.902. The molecular weight excluding hydrogens is 248 g/mol. The molecule has 1 unspecified atom stereocenters. The summed E-state index contributed by atoms with van der Waals surface area (Å²) in [6, 6.07) is 3.93. The molecule has 0 fully saturated rings. The molecule has 2 N–H and O–H groups in total. The summed E-state index contributed by atoms with van der Waals surface area (Å²) in [5.41, 5.74) is 0. The number of rotatable bonds is 4. The standard InChI is InChI=1S/C12H16N4OS/c1-7(2)10-14-11(16-15-10)12(17)13-8(3)9-5-4-6-18-9/h4-8H,1-3H3,(H,13,17)(H,14,15,16). The molecule has 1 amide bonds. The fourth-order valence-corrected chi connectivity index (χ4v) is 2.24. The summed E-state index contributed by atoms with van der Waals surface area (Å²) in [6.07, 6.45) is 0. The lowest BCUT2D eigenvalue weighted by molar-refractivity contribution is 0.0930. The van der Waals surface area contributed by atoms with Crippen molar-refractivity contribution < 1.29 is 4.79 Å². The van der Waals surface area contributed by atoms with Crippen LogP contribution in [0.3, 0.4) is 0 Å². The largest absolute Gasteiger partial charge is 0.342 e. The molecule has 0 saturated carbocycles. The number of aromatic amines is 1. The van der Waals surface area contributed by atoms with Crippen molar-refractivity contribution in [3.05, 3.63) is 34.0 Å². The molecule has 0 bridgehead atoms. The lowest BCUT2D eigenvalue weighted by Gasteiger charge is -2.09. The molecule has 0 aliphatic carbocycles. The Balaban J connectivity index is 2.03. The van der Waals surface area contributed by atoms with Gasteiger partial charge in [-0.05, 0) is 18.4 Å². The van der Waals surface area contributed by atoms with Crippen molar-refractivity contribution >= 4 is 17.2 Å². The molecule has 0 radical (unpaired) electrons. The molecule has 18 heavy (non-hydrogen) atoms. The Kier molecular flexibility index (Phi) is 3.76. The molecule has 2 aromatic rings. The minimum Gasteiger partial charge on any atom is -0.342 e. The zero-order chi connectivity index (χ0) is 13.1. The zero-order valence-electron chi connectivity index (χ0n) is 10.6. The first kappa shape index (κ1) is 12.8. The molecule has 0 aliphatic heterocycles. The van der Waals surface area contributed by atoms with E-state index in [0.717, 1.165) is 10.7 Å². The van der Waals surface area contributed by atoms with Crippen LogP contribution in [-0.4, -0.2) is 21.1 Å². The van der Waals surface area contributed by atoms with E-state index in [1.807, 2.05) is 38.3 Å². The van der Waals surface area contributed by atoms with Crippen molar-refractivity contribution in [3.63, 3.8) is 0 Å². The van der Waals surface area contributed by atoms with E-state index in [1.54, 1.807) is 11.3 Å². The maximum absolute atomic E-state index is 11.9. The zero-order valence-corrected chi connectivity index (χ0v) is 11.4. The van der Waals surface area contributed by atoms with Crippen molar-refractivity contribution in [2.24, 2.45) is 0 Å². The van der Waals surface area contributed by atoms with E-state index in [1.165, 1.54) is 0 Å². The van der Waals surface area contributed by atoms with Crippen molar-refractivity contribution in [1.29, 1.82) is 0 Å². The first-order valence-corrected chi connectivity index (χ1v) is 6.72. The summed E-state index contributed by atoms with van der Waals surface area (Å²) < 4.78 is 0. The average molecular weight is 264 g/mol. The Morgan fingerprint density at radius 2 is 2.22 bits per heavy atom. The SMILES string of the molecule is CC(C)c1nc(C(=O)NC(C)c2cccs2)n[nH]1. The van der Waals surface area contributed by atoms with Crippen molar-refractivity contribution in [1.82, 2.24) is 20.5 Å². The Morgan fingerprint density at radius 3 is 2.78 bits per heavy atom. The highest BCUT2D eigenvalue weighted by Crippen LogP contribution is 2.18. The van der Waals surface area contributed by atoms with Gasteiger partial charge in [0.2, 0.25) is 5.82 Å². The molecule has 6 heteroatoms. The molecule has 0 aliphatic rings. The predicted molar refractivity (Wildman–Crippen MR) is 70.7 cm³/mol. The van der Waals surface area contributed by atoms with E-state index >= 15 is 0 Å². The van der Waals surface area contributed by atoms with Gasteiger partial charge in [0.25, 0.3) is 5.91 Å². The number of nitrogens with zero attached hydrogens (tertiary/aromatic N) is 2.